The van der Waals surface area contributed by atoms with Crippen LogP contribution in [0, 0.1) is 5.41 Å². The van der Waals surface area contributed by atoms with E-state index in [2.05, 4.69) is 103 Å². The Kier molecular flexibility index (Phi) is 9.94. The lowest BCUT2D eigenvalue weighted by atomic mass is 9.65. The molecule has 1 aliphatic carbocycles. The molecule has 1 aliphatic rings. The number of ether oxygens (including phenoxy) is 2. The van der Waals surface area contributed by atoms with Crippen molar-refractivity contribution < 1.29 is 23.1 Å². The maximum atomic E-state index is 13.2. The molecule has 7 heteroatoms. The van der Waals surface area contributed by atoms with Crippen LogP contribution in [0.2, 0.25) is 23.2 Å². The zero-order valence-corrected chi connectivity index (χ0v) is 29.5. The third-order valence-electron chi connectivity index (χ3n) is 9.55. The molecule has 3 atom stereocenters. The van der Waals surface area contributed by atoms with Gasteiger partial charge in [0.05, 0.1) is 31.3 Å². The summed E-state index contributed by atoms with van der Waals surface area (Å²) in [5.41, 5.74) is 0.256. The summed E-state index contributed by atoms with van der Waals surface area (Å²) in [7, 11) is -3.42. The quantitative estimate of drug-likeness (QED) is 0.160. The van der Waals surface area contributed by atoms with Crippen LogP contribution in [0.5, 0.6) is 5.75 Å². The van der Waals surface area contributed by atoms with E-state index >= 15 is 0 Å². The van der Waals surface area contributed by atoms with Crippen molar-refractivity contribution in [3.8, 4) is 5.75 Å². The Bertz CT molecular complexity index is 1290. The van der Waals surface area contributed by atoms with Crippen LogP contribution >= 0.6 is 0 Å². The molecule has 0 saturated heterocycles. The zero-order valence-electron chi connectivity index (χ0n) is 27.5. The van der Waals surface area contributed by atoms with Crippen LogP contribution in [0.4, 0.5) is 0 Å². The highest BCUT2D eigenvalue weighted by atomic mass is 28.4. The molecule has 0 radical (unpaired) electrons. The Labute approximate surface area is 261 Å². The van der Waals surface area contributed by atoms with Crippen molar-refractivity contribution in [1.82, 2.24) is 0 Å². The van der Waals surface area contributed by atoms with E-state index in [4.69, 9.17) is 18.3 Å². The fourth-order valence-corrected chi connectivity index (χ4v) is 11.9. The molecule has 0 N–H and O–H groups in total. The molecule has 3 aromatic rings. The van der Waals surface area contributed by atoms with Gasteiger partial charge in [-0.2, -0.15) is 0 Å². The number of aldehydes is 1. The second-order valence-electron chi connectivity index (χ2n) is 14.5. The molecule has 0 aliphatic heterocycles. The van der Waals surface area contributed by atoms with E-state index < -0.39 is 22.0 Å². The summed E-state index contributed by atoms with van der Waals surface area (Å²) in [5, 5.41) is 2.19. The lowest BCUT2D eigenvalue weighted by molar-refractivity contribution is -0.191. The van der Waals surface area contributed by atoms with Crippen LogP contribution < -0.4 is 15.1 Å². The van der Waals surface area contributed by atoms with Gasteiger partial charge in [-0.25, -0.2) is 0 Å². The molecule has 0 unspecified atom stereocenters. The lowest BCUT2D eigenvalue weighted by Crippen LogP contribution is -2.70. The van der Waals surface area contributed by atoms with Gasteiger partial charge in [-0.15, -0.1) is 0 Å². The smallest absolute Gasteiger partial charge is 0.261 e. The summed E-state index contributed by atoms with van der Waals surface area (Å²) in [4.78, 5) is 13.2. The van der Waals surface area contributed by atoms with Gasteiger partial charge in [0.25, 0.3) is 8.32 Å². The van der Waals surface area contributed by atoms with Gasteiger partial charge in [0, 0.05) is 6.61 Å². The van der Waals surface area contributed by atoms with Gasteiger partial charge >= 0.3 is 0 Å². The standard InChI is InChI=1S/C36H50O5Si2/c1-34(2,3)42(8,9)41-33-32(39-25-28-20-22-29(38-7)23-21-28)24-36(33,26-37)27-40-43(35(4,5)6,30-16-12-10-13-17-30)31-18-14-11-15-19-31/h10-23,26,32-33H,24-25,27H2,1-9H3/t32-,33-,36-/m0/s1. The molecule has 0 bridgehead atoms. The second-order valence-corrected chi connectivity index (χ2v) is 23.6. The van der Waals surface area contributed by atoms with Gasteiger partial charge < -0.3 is 23.1 Å². The molecule has 0 heterocycles. The van der Waals surface area contributed by atoms with Crippen molar-refractivity contribution >= 4 is 33.3 Å². The number of benzene rings is 3. The molecule has 0 amide bonds. The largest absolute Gasteiger partial charge is 0.497 e. The molecule has 5 nitrogen and oxygen atoms in total. The van der Waals surface area contributed by atoms with Gasteiger partial charge in [0.2, 0.25) is 0 Å². The summed E-state index contributed by atoms with van der Waals surface area (Å²) < 4.78 is 26.1. The third-order valence-corrected chi connectivity index (χ3v) is 19.0. The summed E-state index contributed by atoms with van der Waals surface area (Å²) >= 11 is 0. The van der Waals surface area contributed by atoms with Crippen LogP contribution in [0.15, 0.2) is 84.9 Å². The molecule has 232 valence electrons. The minimum absolute atomic E-state index is 0.0173. The fraction of sp³-hybridized carbons (Fsp3) is 0.472. The summed E-state index contributed by atoms with van der Waals surface area (Å²) in [6.45, 7) is 18.7. The molecule has 4 rings (SSSR count). The van der Waals surface area contributed by atoms with Gasteiger partial charge in [-0.1, -0.05) is 114 Å². The van der Waals surface area contributed by atoms with Crippen LogP contribution in [-0.4, -0.2) is 48.8 Å². The van der Waals surface area contributed by atoms with Crippen molar-refractivity contribution in [2.45, 2.75) is 89.9 Å². The average Bonchev–Trinajstić information content (AvgIpc) is 2.97. The first-order valence-electron chi connectivity index (χ1n) is 15.3. The fourth-order valence-electron chi connectivity index (χ4n) is 5.86. The van der Waals surface area contributed by atoms with E-state index in [1.807, 2.05) is 36.4 Å². The number of hydrogen-bond donors (Lipinski definition) is 0. The second kappa shape index (κ2) is 12.8. The number of hydrogen-bond acceptors (Lipinski definition) is 5. The van der Waals surface area contributed by atoms with Crippen molar-refractivity contribution in [2.24, 2.45) is 5.41 Å². The van der Waals surface area contributed by atoms with Crippen LogP contribution in [0.3, 0.4) is 0 Å². The minimum atomic E-state index is -2.84. The Balaban J connectivity index is 1.68. The number of rotatable bonds is 12. The topological polar surface area (TPSA) is 54.0 Å². The minimum Gasteiger partial charge on any atom is -0.497 e. The number of methoxy groups -OCH3 is 1. The molecule has 1 fully saturated rings. The first-order valence-corrected chi connectivity index (χ1v) is 20.1. The monoisotopic (exact) mass is 618 g/mol. The number of carbonyl (C=O) groups is 1. The zero-order chi connectivity index (χ0) is 31.5. The molecular formula is C36H50O5Si2. The maximum Gasteiger partial charge on any atom is 0.261 e. The van der Waals surface area contributed by atoms with E-state index in [1.165, 1.54) is 10.4 Å². The molecule has 1 saturated carbocycles. The van der Waals surface area contributed by atoms with Crippen molar-refractivity contribution in [3.63, 3.8) is 0 Å². The van der Waals surface area contributed by atoms with Crippen molar-refractivity contribution in [3.05, 3.63) is 90.5 Å². The van der Waals surface area contributed by atoms with Crippen molar-refractivity contribution in [2.75, 3.05) is 13.7 Å². The van der Waals surface area contributed by atoms with Crippen LogP contribution in [0.25, 0.3) is 0 Å². The van der Waals surface area contributed by atoms with Gasteiger partial charge in [0.1, 0.15) is 12.0 Å². The Morgan fingerprint density at radius 3 is 1.79 bits per heavy atom. The predicted octanol–water partition coefficient (Wildman–Crippen LogP) is 7.14. The molecule has 0 aromatic heterocycles. The van der Waals surface area contributed by atoms with E-state index in [0.717, 1.165) is 17.6 Å². The maximum absolute atomic E-state index is 13.2. The Morgan fingerprint density at radius 2 is 1.35 bits per heavy atom. The Morgan fingerprint density at radius 1 is 0.814 bits per heavy atom. The first kappa shape index (κ1) is 33.3. The van der Waals surface area contributed by atoms with Crippen molar-refractivity contribution in [1.29, 1.82) is 0 Å². The summed E-state index contributed by atoms with van der Waals surface area (Å²) in [5.74, 6) is 0.812. The third kappa shape index (κ3) is 6.76. The molecular weight excluding hydrogens is 569 g/mol. The SMILES string of the molecule is COc1ccc(CO[C@H]2C[C@](C=O)(CO[Si](c3ccccc3)(c3ccccc3)C(C)(C)C)[C@H]2O[Si](C)(C)C(C)(C)C)cc1. The molecule has 0 spiro atoms. The normalized spacial score (nSPS) is 21.2. The summed E-state index contributed by atoms with van der Waals surface area (Å²) in [6.07, 6.45) is 1.06. The highest BCUT2D eigenvalue weighted by Gasteiger charge is 2.61. The van der Waals surface area contributed by atoms with Crippen LogP contribution in [-0.2, 0) is 25.0 Å². The molecule has 43 heavy (non-hydrogen) atoms. The van der Waals surface area contributed by atoms with Gasteiger partial charge in [-0.05, 0) is 57.7 Å². The Hall–Kier alpha value is -2.56. The van der Waals surface area contributed by atoms with E-state index in [-0.39, 0.29) is 28.9 Å². The van der Waals surface area contributed by atoms with Gasteiger partial charge in [0.15, 0.2) is 8.32 Å². The van der Waals surface area contributed by atoms with E-state index in [1.54, 1.807) is 7.11 Å². The summed E-state index contributed by atoms with van der Waals surface area (Å²) in [6, 6.07) is 29.1. The predicted molar refractivity (Wildman–Crippen MR) is 180 cm³/mol. The van der Waals surface area contributed by atoms with E-state index in [9.17, 15) is 4.79 Å². The highest BCUT2D eigenvalue weighted by molar-refractivity contribution is 6.99. The van der Waals surface area contributed by atoms with Crippen LogP contribution in [0.1, 0.15) is 53.5 Å². The lowest BCUT2D eigenvalue weighted by Gasteiger charge is -2.56. The molecule has 3 aromatic carbocycles. The average molecular weight is 619 g/mol. The van der Waals surface area contributed by atoms with E-state index in [0.29, 0.717) is 13.0 Å². The first-order chi connectivity index (χ1) is 20.2. The van der Waals surface area contributed by atoms with Gasteiger partial charge in [-0.3, -0.25) is 0 Å². The highest BCUT2D eigenvalue weighted by Crippen LogP contribution is 2.50. The number of carbonyl (C=O) groups excluding carboxylic acids is 1.